The lowest BCUT2D eigenvalue weighted by Gasteiger charge is -2.19. The third kappa shape index (κ3) is 6.98. The molecule has 218 valence electrons. The van der Waals surface area contributed by atoms with Gasteiger partial charge in [-0.2, -0.15) is 0 Å². The van der Waals surface area contributed by atoms with E-state index in [9.17, 15) is 9.59 Å². The van der Waals surface area contributed by atoms with Crippen LogP contribution >= 0.6 is 0 Å². The van der Waals surface area contributed by atoms with E-state index in [2.05, 4.69) is 17.2 Å². The molecule has 5 rings (SSSR count). The van der Waals surface area contributed by atoms with E-state index in [1.165, 1.54) is 0 Å². The fourth-order valence-corrected chi connectivity index (χ4v) is 4.95. The Morgan fingerprint density at radius 3 is 2.50 bits per heavy atom. The van der Waals surface area contributed by atoms with Gasteiger partial charge in [0.1, 0.15) is 23.6 Å². The Balaban J connectivity index is 1.22. The summed E-state index contributed by atoms with van der Waals surface area (Å²) < 4.78 is 23.3. The Morgan fingerprint density at radius 1 is 1.00 bits per heavy atom. The van der Waals surface area contributed by atoms with Crippen molar-refractivity contribution in [2.75, 3.05) is 19.0 Å². The molecule has 3 aromatic carbocycles. The van der Waals surface area contributed by atoms with Crippen LogP contribution < -0.4 is 25.3 Å². The van der Waals surface area contributed by atoms with E-state index >= 15 is 0 Å². The van der Waals surface area contributed by atoms with Gasteiger partial charge in [-0.05, 0) is 73.7 Å². The van der Waals surface area contributed by atoms with Crippen molar-refractivity contribution in [1.82, 2.24) is 4.98 Å². The van der Waals surface area contributed by atoms with Gasteiger partial charge >= 0.3 is 5.97 Å². The molecule has 1 heterocycles. The predicted molar refractivity (Wildman–Crippen MR) is 160 cm³/mol. The number of aromatic nitrogens is 1. The highest BCUT2D eigenvalue weighted by atomic mass is 16.5. The summed E-state index contributed by atoms with van der Waals surface area (Å²) in [6.07, 6.45) is 4.94. The van der Waals surface area contributed by atoms with Crippen molar-refractivity contribution >= 4 is 28.5 Å². The van der Waals surface area contributed by atoms with Crippen LogP contribution in [-0.4, -0.2) is 42.7 Å². The van der Waals surface area contributed by atoms with Gasteiger partial charge in [-0.1, -0.05) is 25.1 Å². The van der Waals surface area contributed by atoms with Crippen molar-refractivity contribution in [1.29, 1.82) is 0 Å². The Kier molecular flexibility index (Phi) is 9.18. The zero-order valence-electron chi connectivity index (χ0n) is 23.7. The number of nitrogens with one attached hydrogen (secondary N) is 1. The maximum absolute atomic E-state index is 12.4. The number of methoxy groups -OCH3 is 1. The van der Waals surface area contributed by atoms with Crippen molar-refractivity contribution in [2.24, 2.45) is 11.7 Å². The summed E-state index contributed by atoms with van der Waals surface area (Å²) in [5, 5.41) is 3.61. The predicted octanol–water partition coefficient (Wildman–Crippen LogP) is 6.12. The Hall–Kier alpha value is -4.63. The van der Waals surface area contributed by atoms with Crippen LogP contribution in [0.3, 0.4) is 0 Å². The summed E-state index contributed by atoms with van der Waals surface area (Å²) in [5.41, 5.74) is 7.96. The average molecular weight is 570 g/mol. The Bertz CT molecular complexity index is 1530. The molecule has 0 bridgehead atoms. The van der Waals surface area contributed by atoms with Gasteiger partial charge < -0.3 is 30.0 Å². The molecule has 1 aromatic heterocycles. The molecule has 42 heavy (non-hydrogen) atoms. The van der Waals surface area contributed by atoms with Crippen LogP contribution in [0, 0.1) is 5.92 Å². The molecule has 1 aliphatic rings. The lowest BCUT2D eigenvalue weighted by Crippen LogP contribution is -2.36. The third-order valence-corrected chi connectivity index (χ3v) is 7.40. The minimum absolute atomic E-state index is 0.0500. The number of anilines is 1. The number of benzene rings is 3. The number of ether oxygens (including phenoxy) is 4. The van der Waals surface area contributed by atoms with Gasteiger partial charge in [0.05, 0.1) is 19.2 Å². The van der Waals surface area contributed by atoms with Crippen molar-refractivity contribution in [2.45, 2.75) is 44.8 Å². The number of esters is 1. The van der Waals surface area contributed by atoms with Crippen LogP contribution in [0.2, 0.25) is 0 Å². The fraction of sp³-hybridized carbons (Fsp3) is 0.303. The number of nitrogens with zero attached hydrogens (tertiary/aromatic N) is 1. The molecule has 1 amide bonds. The summed E-state index contributed by atoms with van der Waals surface area (Å²) in [6.45, 7) is 2.31. The van der Waals surface area contributed by atoms with Gasteiger partial charge in [0, 0.05) is 35.3 Å². The maximum Gasteiger partial charge on any atom is 0.323 e. The summed E-state index contributed by atoms with van der Waals surface area (Å²) >= 11 is 0. The molecular weight excluding hydrogens is 534 g/mol. The molecule has 0 saturated heterocycles. The second kappa shape index (κ2) is 13.4. The van der Waals surface area contributed by atoms with E-state index in [4.69, 9.17) is 24.7 Å². The topological polar surface area (TPSA) is 122 Å². The number of rotatable bonds is 11. The molecule has 9 nitrogen and oxygen atoms in total. The van der Waals surface area contributed by atoms with Crippen molar-refractivity contribution < 1.29 is 28.5 Å². The maximum atomic E-state index is 12.4. The molecule has 0 radical (unpaired) electrons. The first-order valence-electron chi connectivity index (χ1n) is 14.1. The standard InChI is InChI=1S/C33H35N3O6/c1-21-7-6-10-28(21)42-33(38)26(34)16-18-40-31-20-27-25(19-30(31)39-2)29(15-17-35-27)41-24-13-11-23(12-14-24)36-32(37)22-8-4-3-5-9-22/h3-5,8-9,11-15,17,19-21,26,28H,6-7,10,16,18,34H2,1-2H3,(H,36,37). The van der Waals surface area contributed by atoms with Gasteiger partial charge in [0.2, 0.25) is 0 Å². The number of hydrogen-bond donors (Lipinski definition) is 2. The second-order valence-electron chi connectivity index (χ2n) is 10.4. The fourth-order valence-electron chi connectivity index (χ4n) is 4.95. The van der Waals surface area contributed by atoms with Crippen molar-refractivity contribution in [3.63, 3.8) is 0 Å². The van der Waals surface area contributed by atoms with E-state index in [1.54, 1.807) is 67.9 Å². The van der Waals surface area contributed by atoms with E-state index in [1.807, 2.05) is 18.2 Å². The van der Waals surface area contributed by atoms with Crippen LogP contribution in [0.1, 0.15) is 43.0 Å². The number of fused-ring (bicyclic) bond motifs is 1. The first kappa shape index (κ1) is 28.9. The first-order valence-corrected chi connectivity index (χ1v) is 14.1. The molecule has 9 heteroatoms. The molecular formula is C33H35N3O6. The molecule has 3 atom stereocenters. The van der Waals surface area contributed by atoms with Crippen LogP contribution in [0.5, 0.6) is 23.0 Å². The molecule has 3 unspecified atom stereocenters. The summed E-state index contributed by atoms with van der Waals surface area (Å²) in [5.74, 6) is 1.94. The largest absolute Gasteiger partial charge is 0.493 e. The van der Waals surface area contributed by atoms with Crippen LogP contribution in [0.15, 0.2) is 79.0 Å². The zero-order valence-corrected chi connectivity index (χ0v) is 23.7. The number of carbonyl (C=O) groups excluding carboxylic acids is 2. The summed E-state index contributed by atoms with van der Waals surface area (Å²) in [7, 11) is 1.55. The van der Waals surface area contributed by atoms with Crippen LogP contribution in [0.4, 0.5) is 5.69 Å². The van der Waals surface area contributed by atoms with Gasteiger partial charge in [-0.3, -0.25) is 14.6 Å². The smallest absolute Gasteiger partial charge is 0.323 e. The second-order valence-corrected chi connectivity index (χ2v) is 10.4. The van der Waals surface area contributed by atoms with Crippen LogP contribution in [0.25, 0.3) is 10.9 Å². The lowest BCUT2D eigenvalue weighted by atomic mass is 10.1. The number of nitrogens with two attached hydrogens (primary N) is 1. The highest BCUT2D eigenvalue weighted by Gasteiger charge is 2.28. The molecule has 4 aromatic rings. The first-order chi connectivity index (χ1) is 20.4. The molecule has 0 aliphatic heterocycles. The van der Waals surface area contributed by atoms with Gasteiger partial charge in [-0.25, -0.2) is 0 Å². The average Bonchev–Trinajstić information content (AvgIpc) is 3.41. The summed E-state index contributed by atoms with van der Waals surface area (Å²) in [6, 6.07) is 20.7. The molecule has 1 fully saturated rings. The molecule has 1 saturated carbocycles. The third-order valence-electron chi connectivity index (χ3n) is 7.40. The van der Waals surface area contributed by atoms with Gasteiger partial charge in [0.25, 0.3) is 5.91 Å². The SMILES string of the molecule is COc1cc2c(Oc3ccc(NC(=O)c4ccccc4)cc3)ccnc2cc1OCCC(N)C(=O)OC1CCCC1C. The van der Waals surface area contributed by atoms with Gasteiger partial charge in [-0.15, -0.1) is 0 Å². The Labute approximate surface area is 244 Å². The number of pyridine rings is 1. The van der Waals surface area contributed by atoms with E-state index in [-0.39, 0.29) is 18.6 Å². The zero-order chi connectivity index (χ0) is 29.5. The van der Waals surface area contributed by atoms with Crippen molar-refractivity contribution in [3.05, 3.63) is 84.6 Å². The van der Waals surface area contributed by atoms with E-state index in [0.29, 0.717) is 52.1 Å². The highest BCUT2D eigenvalue weighted by Crippen LogP contribution is 2.37. The minimum Gasteiger partial charge on any atom is -0.493 e. The number of amides is 1. The Morgan fingerprint density at radius 2 is 1.79 bits per heavy atom. The normalized spacial score (nSPS) is 16.9. The van der Waals surface area contributed by atoms with Crippen molar-refractivity contribution in [3.8, 4) is 23.0 Å². The lowest BCUT2D eigenvalue weighted by molar-refractivity contribution is -0.152. The number of hydrogen-bond acceptors (Lipinski definition) is 8. The minimum atomic E-state index is -0.763. The van der Waals surface area contributed by atoms with E-state index < -0.39 is 12.0 Å². The van der Waals surface area contributed by atoms with E-state index in [0.717, 1.165) is 24.6 Å². The molecule has 1 aliphatic carbocycles. The number of carbonyl (C=O) groups is 2. The van der Waals surface area contributed by atoms with Crippen LogP contribution in [-0.2, 0) is 9.53 Å². The molecule has 3 N–H and O–H groups in total. The highest BCUT2D eigenvalue weighted by molar-refractivity contribution is 6.04. The van der Waals surface area contributed by atoms with Gasteiger partial charge in [0.15, 0.2) is 11.5 Å². The quantitative estimate of drug-likeness (QED) is 0.207. The summed E-state index contributed by atoms with van der Waals surface area (Å²) in [4.78, 5) is 29.3. The monoisotopic (exact) mass is 569 g/mol. The molecule has 0 spiro atoms.